The number of anilines is 2. The number of sulfonamides is 1. The lowest BCUT2D eigenvalue weighted by atomic mass is 10.1. The van der Waals surface area contributed by atoms with Gasteiger partial charge in [-0.2, -0.15) is 4.31 Å². The van der Waals surface area contributed by atoms with Gasteiger partial charge in [-0.25, -0.2) is 8.42 Å². The summed E-state index contributed by atoms with van der Waals surface area (Å²) in [7, 11) is -3.72. The standard InChI is InChI=1S/C21H25N5O8S/c1-3-23(4-2)20-18(25(28)29)13-15(14-19(20)26(30)31)21(27)22-16-5-7-17(8-6-16)35(32,33)24-9-11-34-12-10-24/h5-8,13-14H,3-4,9-12H2,1-2H3,(H,22,27). The Morgan fingerprint density at radius 2 is 1.54 bits per heavy atom. The molecular formula is C21H25N5O8S. The van der Waals surface area contributed by atoms with Gasteiger partial charge >= 0.3 is 0 Å². The van der Waals surface area contributed by atoms with Gasteiger partial charge < -0.3 is 15.0 Å². The van der Waals surface area contributed by atoms with Crippen LogP contribution in [0.1, 0.15) is 24.2 Å². The lowest BCUT2D eigenvalue weighted by Crippen LogP contribution is -2.40. The molecule has 2 aromatic rings. The van der Waals surface area contributed by atoms with Crippen LogP contribution in [0.2, 0.25) is 0 Å². The highest BCUT2D eigenvalue weighted by Crippen LogP contribution is 2.39. The molecule has 1 aliphatic rings. The van der Waals surface area contributed by atoms with Gasteiger partial charge in [-0.05, 0) is 38.1 Å². The monoisotopic (exact) mass is 507 g/mol. The van der Waals surface area contributed by atoms with Crippen LogP contribution >= 0.6 is 0 Å². The van der Waals surface area contributed by atoms with Crippen LogP contribution in [0.5, 0.6) is 0 Å². The summed E-state index contributed by atoms with van der Waals surface area (Å²) >= 11 is 0. The average molecular weight is 508 g/mol. The molecule has 1 N–H and O–H groups in total. The topological polar surface area (TPSA) is 165 Å². The van der Waals surface area contributed by atoms with Crippen molar-refractivity contribution in [2.75, 3.05) is 49.6 Å². The molecule has 188 valence electrons. The van der Waals surface area contributed by atoms with Crippen LogP contribution in [0.3, 0.4) is 0 Å². The molecule has 0 saturated carbocycles. The Hall–Kier alpha value is -3.62. The molecule has 0 radical (unpaired) electrons. The van der Waals surface area contributed by atoms with E-state index in [4.69, 9.17) is 4.74 Å². The van der Waals surface area contributed by atoms with Gasteiger partial charge in [0.2, 0.25) is 10.0 Å². The van der Waals surface area contributed by atoms with E-state index in [2.05, 4.69) is 5.32 Å². The van der Waals surface area contributed by atoms with Crippen molar-refractivity contribution in [1.82, 2.24) is 4.31 Å². The highest BCUT2D eigenvalue weighted by molar-refractivity contribution is 7.89. The number of hydrogen-bond acceptors (Lipinski definition) is 9. The number of rotatable bonds is 9. The SMILES string of the molecule is CCN(CC)c1c([N+](=O)[O-])cc(C(=O)Nc2ccc(S(=O)(=O)N3CCOCC3)cc2)cc1[N+](=O)[O-]. The van der Waals surface area contributed by atoms with E-state index in [1.54, 1.807) is 13.8 Å². The van der Waals surface area contributed by atoms with Crippen LogP contribution in [0.4, 0.5) is 22.7 Å². The van der Waals surface area contributed by atoms with Crippen molar-refractivity contribution >= 4 is 38.7 Å². The number of morpholine rings is 1. The summed E-state index contributed by atoms with van der Waals surface area (Å²) in [5, 5.41) is 25.9. The van der Waals surface area contributed by atoms with Crippen molar-refractivity contribution in [3.05, 3.63) is 62.2 Å². The summed E-state index contributed by atoms with van der Waals surface area (Å²) in [6, 6.07) is 7.39. The molecule has 1 fully saturated rings. The summed E-state index contributed by atoms with van der Waals surface area (Å²) in [6.07, 6.45) is 0. The Morgan fingerprint density at radius 3 is 2.00 bits per heavy atom. The van der Waals surface area contributed by atoms with E-state index in [9.17, 15) is 33.4 Å². The van der Waals surface area contributed by atoms with E-state index in [0.717, 1.165) is 12.1 Å². The molecule has 35 heavy (non-hydrogen) atoms. The second-order valence-corrected chi connectivity index (χ2v) is 9.48. The summed E-state index contributed by atoms with van der Waals surface area (Å²) in [4.78, 5) is 36.2. The number of hydrogen-bond donors (Lipinski definition) is 1. The van der Waals surface area contributed by atoms with Crippen molar-refractivity contribution in [2.45, 2.75) is 18.7 Å². The molecule has 0 bridgehead atoms. The number of nitrogens with zero attached hydrogens (tertiary/aromatic N) is 4. The van der Waals surface area contributed by atoms with Crippen LogP contribution in [0.15, 0.2) is 41.3 Å². The van der Waals surface area contributed by atoms with Gasteiger partial charge in [0.25, 0.3) is 17.3 Å². The van der Waals surface area contributed by atoms with Gasteiger partial charge in [-0.3, -0.25) is 25.0 Å². The molecule has 0 aromatic heterocycles. The fraction of sp³-hybridized carbons (Fsp3) is 0.381. The van der Waals surface area contributed by atoms with Gasteiger partial charge in [0.1, 0.15) is 0 Å². The molecule has 1 heterocycles. The molecule has 13 nitrogen and oxygen atoms in total. The van der Waals surface area contributed by atoms with Gasteiger partial charge in [0, 0.05) is 44.0 Å². The Balaban J connectivity index is 1.89. The number of carbonyl (C=O) groups is 1. The second kappa shape index (κ2) is 10.8. The number of nitro groups is 2. The molecule has 14 heteroatoms. The number of nitro benzene ring substituents is 2. The fourth-order valence-corrected chi connectivity index (χ4v) is 5.13. The van der Waals surface area contributed by atoms with E-state index in [0.29, 0.717) is 26.3 Å². The summed E-state index contributed by atoms with van der Waals surface area (Å²) in [5.74, 6) is -0.814. The molecule has 3 rings (SSSR count). The molecule has 0 atom stereocenters. The van der Waals surface area contributed by atoms with Gasteiger partial charge in [-0.15, -0.1) is 0 Å². The van der Waals surface area contributed by atoms with Crippen LogP contribution in [-0.2, 0) is 14.8 Å². The van der Waals surface area contributed by atoms with Crippen molar-refractivity contribution in [3.63, 3.8) is 0 Å². The molecule has 1 aliphatic heterocycles. The number of benzene rings is 2. The molecule has 0 spiro atoms. The summed E-state index contributed by atoms with van der Waals surface area (Å²) in [6.45, 7) is 5.09. The molecular weight excluding hydrogens is 482 g/mol. The van der Waals surface area contributed by atoms with Crippen LogP contribution in [0.25, 0.3) is 0 Å². The van der Waals surface area contributed by atoms with Crippen molar-refractivity contribution in [3.8, 4) is 0 Å². The zero-order chi connectivity index (χ0) is 25.8. The molecule has 2 aromatic carbocycles. The predicted octanol–water partition coefficient (Wildman–Crippen LogP) is 2.62. The first-order valence-corrected chi connectivity index (χ1v) is 12.2. The first-order valence-electron chi connectivity index (χ1n) is 10.8. The minimum Gasteiger partial charge on any atom is -0.379 e. The highest BCUT2D eigenvalue weighted by Gasteiger charge is 2.32. The first-order chi connectivity index (χ1) is 16.6. The van der Waals surface area contributed by atoms with Gasteiger partial charge in [-0.1, -0.05) is 0 Å². The maximum absolute atomic E-state index is 12.8. The number of nitrogens with one attached hydrogen (secondary N) is 1. The fourth-order valence-electron chi connectivity index (χ4n) is 3.73. The molecule has 1 amide bonds. The van der Waals surface area contributed by atoms with Crippen molar-refractivity contribution in [2.24, 2.45) is 0 Å². The summed E-state index contributed by atoms with van der Waals surface area (Å²) < 4.78 is 31.9. The molecule has 0 unspecified atom stereocenters. The Morgan fingerprint density at radius 1 is 1.03 bits per heavy atom. The van der Waals surface area contributed by atoms with Gasteiger partial charge in [0.05, 0.1) is 33.5 Å². The largest absolute Gasteiger partial charge is 0.379 e. The summed E-state index contributed by atoms with van der Waals surface area (Å²) in [5.41, 5.74) is -1.34. The van der Waals surface area contributed by atoms with E-state index in [1.165, 1.54) is 33.5 Å². The zero-order valence-corrected chi connectivity index (χ0v) is 20.0. The second-order valence-electron chi connectivity index (χ2n) is 7.54. The van der Waals surface area contributed by atoms with Crippen LogP contribution in [0, 0.1) is 20.2 Å². The third kappa shape index (κ3) is 5.55. The minimum absolute atomic E-state index is 0.0345. The Labute approximate surface area is 201 Å². The first kappa shape index (κ1) is 26.0. The molecule has 1 saturated heterocycles. The van der Waals surface area contributed by atoms with Crippen molar-refractivity contribution in [1.29, 1.82) is 0 Å². The van der Waals surface area contributed by atoms with E-state index in [-0.39, 0.29) is 34.9 Å². The maximum atomic E-state index is 12.8. The average Bonchev–Trinajstić information content (AvgIpc) is 2.85. The number of carbonyl (C=O) groups excluding carboxylic acids is 1. The van der Waals surface area contributed by atoms with Crippen LogP contribution < -0.4 is 10.2 Å². The third-order valence-electron chi connectivity index (χ3n) is 5.52. The Kier molecular flexibility index (Phi) is 7.99. The van der Waals surface area contributed by atoms with E-state index < -0.39 is 37.2 Å². The number of amides is 1. The lowest BCUT2D eigenvalue weighted by Gasteiger charge is -2.26. The quantitative estimate of drug-likeness (QED) is 0.396. The maximum Gasteiger partial charge on any atom is 0.300 e. The van der Waals surface area contributed by atoms with Crippen LogP contribution in [-0.4, -0.2) is 67.9 Å². The normalized spacial score (nSPS) is 14.3. The molecule has 0 aliphatic carbocycles. The smallest absolute Gasteiger partial charge is 0.300 e. The number of ether oxygens (including phenoxy) is 1. The lowest BCUT2D eigenvalue weighted by molar-refractivity contribution is -0.392. The minimum atomic E-state index is -3.72. The van der Waals surface area contributed by atoms with E-state index >= 15 is 0 Å². The third-order valence-corrected chi connectivity index (χ3v) is 7.44. The zero-order valence-electron chi connectivity index (χ0n) is 19.2. The predicted molar refractivity (Wildman–Crippen MR) is 127 cm³/mol. The Bertz CT molecular complexity index is 1190. The van der Waals surface area contributed by atoms with E-state index in [1.807, 2.05) is 0 Å². The highest BCUT2D eigenvalue weighted by atomic mass is 32.2. The van der Waals surface area contributed by atoms with Gasteiger partial charge in [0.15, 0.2) is 5.69 Å². The van der Waals surface area contributed by atoms with Crippen molar-refractivity contribution < 1.29 is 27.8 Å².